The van der Waals surface area contributed by atoms with Crippen molar-refractivity contribution in [2.45, 2.75) is 6.54 Å². The van der Waals surface area contributed by atoms with Crippen LogP contribution in [0.5, 0.6) is 5.75 Å². The molecule has 0 aliphatic heterocycles. The highest BCUT2D eigenvalue weighted by atomic mass is 32.1. The first-order valence-corrected chi connectivity index (χ1v) is 6.82. The minimum atomic E-state index is 0.509. The molecule has 0 fully saturated rings. The molecule has 0 unspecified atom stereocenters. The quantitative estimate of drug-likeness (QED) is 0.651. The zero-order valence-electron chi connectivity index (χ0n) is 11.0. The highest BCUT2D eigenvalue weighted by molar-refractivity contribution is 7.12. The molecule has 0 bridgehead atoms. The molecule has 0 amide bonds. The Balaban J connectivity index is 2.39. The van der Waals surface area contributed by atoms with Gasteiger partial charge in [0.05, 0.1) is 12.0 Å². The van der Waals surface area contributed by atoms with Crippen molar-refractivity contribution in [3.63, 3.8) is 0 Å². The number of nitrogens with one attached hydrogen (secondary N) is 1. The van der Waals surface area contributed by atoms with Crippen LogP contribution in [-0.4, -0.2) is 20.0 Å². The molecular formula is C14H17N3OS. The molecule has 2 rings (SSSR count). The Morgan fingerprint density at radius 3 is 2.84 bits per heavy atom. The number of hydrogen-bond acceptors (Lipinski definition) is 4. The Labute approximate surface area is 116 Å². The molecule has 0 saturated carbocycles. The van der Waals surface area contributed by atoms with E-state index in [0.29, 0.717) is 5.84 Å². The summed E-state index contributed by atoms with van der Waals surface area (Å²) in [6.07, 6.45) is 0. The fraction of sp³-hybridized carbons (Fsp3) is 0.214. The molecule has 4 nitrogen and oxygen atoms in total. The minimum Gasteiger partial charge on any atom is -0.494 e. The Kier molecular flexibility index (Phi) is 4.54. The third-order valence-electron chi connectivity index (χ3n) is 2.66. The van der Waals surface area contributed by atoms with Crippen LogP contribution in [0.4, 0.5) is 5.69 Å². The van der Waals surface area contributed by atoms with Crippen molar-refractivity contribution in [2.24, 2.45) is 10.7 Å². The molecule has 0 radical (unpaired) electrons. The van der Waals surface area contributed by atoms with Crippen molar-refractivity contribution < 1.29 is 4.74 Å². The lowest BCUT2D eigenvalue weighted by Gasteiger charge is -2.11. The number of amidine groups is 1. The van der Waals surface area contributed by atoms with Gasteiger partial charge in [-0.15, -0.1) is 11.3 Å². The summed E-state index contributed by atoms with van der Waals surface area (Å²) in [6, 6.07) is 9.77. The van der Waals surface area contributed by atoms with Crippen LogP contribution in [0.15, 0.2) is 40.7 Å². The average molecular weight is 275 g/mol. The Hall–Kier alpha value is -1.85. The second-order valence-electron chi connectivity index (χ2n) is 3.97. The largest absolute Gasteiger partial charge is 0.494 e. The van der Waals surface area contributed by atoms with Gasteiger partial charge in [0.1, 0.15) is 17.3 Å². The number of rotatable bonds is 5. The first-order valence-electron chi connectivity index (χ1n) is 5.94. The van der Waals surface area contributed by atoms with Crippen LogP contribution in [0.2, 0.25) is 0 Å². The fourth-order valence-electron chi connectivity index (χ4n) is 1.83. The molecular weight excluding hydrogens is 258 g/mol. The van der Waals surface area contributed by atoms with Crippen LogP contribution < -0.4 is 15.8 Å². The molecule has 3 N–H and O–H groups in total. The maximum atomic E-state index is 6.01. The molecule has 0 aliphatic rings. The molecule has 1 aromatic heterocycles. The van der Waals surface area contributed by atoms with E-state index in [1.54, 1.807) is 18.4 Å². The van der Waals surface area contributed by atoms with Gasteiger partial charge in [-0.2, -0.15) is 0 Å². The molecule has 1 aromatic carbocycles. The van der Waals surface area contributed by atoms with Gasteiger partial charge in [0.2, 0.25) is 0 Å². The molecule has 19 heavy (non-hydrogen) atoms. The van der Waals surface area contributed by atoms with E-state index in [2.05, 4.69) is 10.3 Å². The van der Waals surface area contributed by atoms with E-state index in [1.807, 2.05) is 42.8 Å². The van der Waals surface area contributed by atoms with E-state index in [-0.39, 0.29) is 0 Å². The van der Waals surface area contributed by atoms with Crippen molar-refractivity contribution in [1.29, 1.82) is 0 Å². The number of ether oxygens (including phenoxy) is 1. The summed E-state index contributed by atoms with van der Waals surface area (Å²) in [7, 11) is 3.55. The summed E-state index contributed by atoms with van der Waals surface area (Å²) < 4.78 is 5.45. The van der Waals surface area contributed by atoms with Crippen LogP contribution >= 0.6 is 11.3 Å². The average Bonchev–Trinajstić information content (AvgIpc) is 2.93. The van der Waals surface area contributed by atoms with Gasteiger partial charge in [0, 0.05) is 12.1 Å². The van der Waals surface area contributed by atoms with E-state index in [9.17, 15) is 0 Å². The molecule has 100 valence electrons. The highest BCUT2D eigenvalue weighted by Crippen LogP contribution is 2.31. The third-order valence-corrected chi connectivity index (χ3v) is 3.55. The van der Waals surface area contributed by atoms with E-state index in [4.69, 9.17) is 10.5 Å². The molecule has 0 aliphatic carbocycles. The molecule has 0 atom stereocenters. The monoisotopic (exact) mass is 275 g/mol. The molecule has 0 saturated heterocycles. The van der Waals surface area contributed by atoms with Gasteiger partial charge in [-0.3, -0.25) is 0 Å². The molecule has 5 heteroatoms. The number of nitrogens with two attached hydrogens (primary N) is 1. The first-order chi connectivity index (χ1) is 9.26. The van der Waals surface area contributed by atoms with Gasteiger partial charge in [-0.1, -0.05) is 18.2 Å². The Bertz CT molecular complexity index is 564. The summed E-state index contributed by atoms with van der Waals surface area (Å²) in [5.41, 5.74) is 7.82. The lowest BCUT2D eigenvalue weighted by atomic mass is 10.1. The van der Waals surface area contributed by atoms with Gasteiger partial charge in [-0.25, -0.2) is 4.99 Å². The van der Waals surface area contributed by atoms with Gasteiger partial charge in [0.25, 0.3) is 0 Å². The maximum absolute atomic E-state index is 6.01. The zero-order chi connectivity index (χ0) is 13.7. The van der Waals surface area contributed by atoms with Crippen molar-refractivity contribution in [3.8, 4) is 5.75 Å². The van der Waals surface area contributed by atoms with E-state index >= 15 is 0 Å². The number of thiophene rings is 1. The Morgan fingerprint density at radius 2 is 2.21 bits per heavy atom. The van der Waals surface area contributed by atoms with Crippen molar-refractivity contribution >= 4 is 22.9 Å². The number of methoxy groups -OCH3 is 1. The molecule has 0 spiro atoms. The van der Waals surface area contributed by atoms with Crippen molar-refractivity contribution in [2.75, 3.05) is 14.2 Å². The topological polar surface area (TPSA) is 59.6 Å². The maximum Gasteiger partial charge on any atom is 0.149 e. The summed E-state index contributed by atoms with van der Waals surface area (Å²) in [5, 5.41) is 5.09. The summed E-state index contributed by atoms with van der Waals surface area (Å²) in [5.74, 6) is 1.27. The summed E-state index contributed by atoms with van der Waals surface area (Å²) in [4.78, 5) is 5.43. The zero-order valence-corrected chi connectivity index (χ0v) is 11.8. The predicted molar refractivity (Wildman–Crippen MR) is 80.5 cm³/mol. The van der Waals surface area contributed by atoms with Crippen LogP contribution in [0.3, 0.4) is 0 Å². The lowest BCUT2D eigenvalue weighted by Crippen LogP contribution is -2.11. The second-order valence-corrected chi connectivity index (χ2v) is 4.92. The number of hydrogen-bond donors (Lipinski definition) is 2. The lowest BCUT2D eigenvalue weighted by molar-refractivity contribution is 0.410. The molecule has 1 heterocycles. The number of aliphatic imine (C=N–C) groups is 1. The first kappa shape index (κ1) is 13.6. The van der Waals surface area contributed by atoms with E-state index in [0.717, 1.165) is 28.4 Å². The standard InChI is InChI=1S/C14H17N3OS/c1-16-9-10-5-3-6-11(13(10)18-2)17-14(15)12-7-4-8-19-12/h3-8,16H,9H2,1-2H3,(H2,15,17). The predicted octanol–water partition coefficient (Wildman–Crippen LogP) is 2.51. The number of nitrogens with zero attached hydrogens (tertiary/aromatic N) is 1. The second kappa shape index (κ2) is 6.36. The third kappa shape index (κ3) is 3.13. The summed E-state index contributed by atoms with van der Waals surface area (Å²) >= 11 is 1.57. The van der Waals surface area contributed by atoms with Gasteiger partial charge >= 0.3 is 0 Å². The van der Waals surface area contributed by atoms with E-state index in [1.165, 1.54) is 0 Å². The van der Waals surface area contributed by atoms with Gasteiger partial charge in [0.15, 0.2) is 0 Å². The fourth-order valence-corrected chi connectivity index (χ4v) is 2.46. The van der Waals surface area contributed by atoms with Crippen molar-refractivity contribution in [3.05, 3.63) is 46.2 Å². The normalized spacial score (nSPS) is 11.6. The minimum absolute atomic E-state index is 0.509. The summed E-state index contributed by atoms with van der Waals surface area (Å²) in [6.45, 7) is 0.728. The number of benzene rings is 1. The van der Waals surface area contributed by atoms with Gasteiger partial charge < -0.3 is 15.8 Å². The molecule has 2 aromatic rings. The number of para-hydroxylation sites is 1. The van der Waals surface area contributed by atoms with E-state index < -0.39 is 0 Å². The Morgan fingerprint density at radius 1 is 1.37 bits per heavy atom. The smallest absolute Gasteiger partial charge is 0.149 e. The SMILES string of the molecule is CNCc1cccc(N=C(N)c2cccs2)c1OC. The van der Waals surface area contributed by atoms with Crippen LogP contribution in [0.1, 0.15) is 10.4 Å². The van der Waals surface area contributed by atoms with Gasteiger partial charge in [-0.05, 0) is 24.6 Å². The van der Waals surface area contributed by atoms with Crippen LogP contribution in [-0.2, 0) is 6.54 Å². The van der Waals surface area contributed by atoms with Crippen LogP contribution in [0.25, 0.3) is 0 Å². The van der Waals surface area contributed by atoms with Crippen molar-refractivity contribution in [1.82, 2.24) is 5.32 Å². The van der Waals surface area contributed by atoms with Crippen LogP contribution in [0, 0.1) is 0 Å². The highest BCUT2D eigenvalue weighted by Gasteiger charge is 2.09.